The number of carbonyl (C=O) groups is 2. The van der Waals surface area contributed by atoms with E-state index in [1.165, 1.54) is 13.2 Å². The van der Waals surface area contributed by atoms with Gasteiger partial charge in [0.2, 0.25) is 5.91 Å². The summed E-state index contributed by atoms with van der Waals surface area (Å²) in [5.74, 6) is -3.92. The van der Waals surface area contributed by atoms with Crippen LogP contribution in [0.25, 0.3) is 0 Å². The predicted octanol–water partition coefficient (Wildman–Crippen LogP) is 0.723. The van der Waals surface area contributed by atoms with E-state index in [1.54, 1.807) is 0 Å². The Morgan fingerprint density at radius 3 is 2.58 bits per heavy atom. The highest BCUT2D eigenvalue weighted by Gasteiger charge is 2.19. The molecule has 7 heteroatoms. The zero-order valence-electron chi connectivity index (χ0n) is 10.2. The first-order valence-electron chi connectivity index (χ1n) is 5.39. The van der Waals surface area contributed by atoms with Crippen LogP contribution in [0.3, 0.4) is 0 Å². The number of halogens is 2. The number of amides is 1. The van der Waals surface area contributed by atoms with E-state index in [9.17, 15) is 18.4 Å². The maximum Gasteiger partial charge on any atom is 0.328 e. The van der Waals surface area contributed by atoms with E-state index in [0.29, 0.717) is 0 Å². The molecular formula is C12H13F2NO4. The van der Waals surface area contributed by atoms with E-state index in [-0.39, 0.29) is 18.6 Å². The molecule has 104 valence electrons. The van der Waals surface area contributed by atoms with Gasteiger partial charge in [0.25, 0.3) is 0 Å². The van der Waals surface area contributed by atoms with Crippen LogP contribution in [0.4, 0.5) is 8.78 Å². The number of hydrogen-bond acceptors (Lipinski definition) is 3. The number of carboxylic acid groups (broad SMARTS) is 1. The lowest BCUT2D eigenvalue weighted by Gasteiger charge is -2.13. The third-order valence-corrected chi connectivity index (χ3v) is 2.32. The van der Waals surface area contributed by atoms with Crippen LogP contribution in [-0.2, 0) is 20.7 Å². The van der Waals surface area contributed by atoms with Gasteiger partial charge in [-0.2, -0.15) is 0 Å². The van der Waals surface area contributed by atoms with Crippen molar-refractivity contribution >= 4 is 11.9 Å². The molecule has 1 aromatic rings. The van der Waals surface area contributed by atoms with Crippen molar-refractivity contribution in [3.8, 4) is 0 Å². The van der Waals surface area contributed by atoms with E-state index in [2.05, 4.69) is 10.1 Å². The molecule has 0 fully saturated rings. The van der Waals surface area contributed by atoms with Gasteiger partial charge in [0.05, 0.1) is 13.0 Å². The smallest absolute Gasteiger partial charge is 0.328 e. The van der Waals surface area contributed by atoms with Crippen molar-refractivity contribution in [2.75, 3.05) is 13.7 Å². The first kappa shape index (κ1) is 15.0. The van der Waals surface area contributed by atoms with Crippen molar-refractivity contribution in [2.45, 2.75) is 12.5 Å². The lowest BCUT2D eigenvalue weighted by Crippen LogP contribution is -2.44. The van der Waals surface area contributed by atoms with E-state index < -0.39 is 29.6 Å². The molecule has 0 heterocycles. The molecule has 0 aromatic heterocycles. The van der Waals surface area contributed by atoms with E-state index >= 15 is 0 Å². The fourth-order valence-electron chi connectivity index (χ4n) is 1.42. The molecule has 0 saturated carbocycles. The summed E-state index contributed by atoms with van der Waals surface area (Å²) >= 11 is 0. The number of rotatable bonds is 6. The van der Waals surface area contributed by atoms with Crippen LogP contribution in [-0.4, -0.2) is 36.7 Å². The van der Waals surface area contributed by atoms with Gasteiger partial charge in [-0.15, -0.1) is 0 Å². The van der Waals surface area contributed by atoms with Gasteiger partial charge in [0, 0.05) is 7.11 Å². The Morgan fingerprint density at radius 1 is 1.37 bits per heavy atom. The van der Waals surface area contributed by atoms with E-state index in [0.717, 1.165) is 12.1 Å². The molecule has 1 atom stereocenters. The highest BCUT2D eigenvalue weighted by Crippen LogP contribution is 2.09. The second-order valence-electron chi connectivity index (χ2n) is 3.84. The van der Waals surface area contributed by atoms with Gasteiger partial charge >= 0.3 is 5.97 Å². The number of ether oxygens (including phenoxy) is 1. The van der Waals surface area contributed by atoms with Gasteiger partial charge in [-0.05, 0) is 17.7 Å². The number of hydrogen-bond donors (Lipinski definition) is 2. The Balaban J connectivity index is 2.63. The number of benzene rings is 1. The number of methoxy groups -OCH3 is 1. The monoisotopic (exact) mass is 273 g/mol. The van der Waals surface area contributed by atoms with Gasteiger partial charge in [-0.25, -0.2) is 13.6 Å². The van der Waals surface area contributed by atoms with Crippen molar-refractivity contribution < 1.29 is 28.2 Å². The minimum absolute atomic E-state index is 0.182. The standard InChI is InChI=1S/C12H13F2NO4/c1-19-6-10(12(17)18)15-11(16)5-7-2-3-8(13)9(14)4-7/h2-4,10H,5-6H2,1H3,(H,15,16)(H,17,18). The summed E-state index contributed by atoms with van der Waals surface area (Å²) in [4.78, 5) is 22.3. The van der Waals surface area contributed by atoms with Crippen molar-refractivity contribution in [1.82, 2.24) is 5.32 Å². The third kappa shape index (κ3) is 4.63. The van der Waals surface area contributed by atoms with Crippen LogP contribution < -0.4 is 5.32 Å². The number of nitrogens with one attached hydrogen (secondary N) is 1. The van der Waals surface area contributed by atoms with Crippen molar-refractivity contribution in [3.05, 3.63) is 35.4 Å². The molecule has 5 nitrogen and oxygen atoms in total. The molecule has 0 aliphatic heterocycles. The highest BCUT2D eigenvalue weighted by atomic mass is 19.2. The van der Waals surface area contributed by atoms with E-state index in [1.807, 2.05) is 0 Å². The summed E-state index contributed by atoms with van der Waals surface area (Å²) in [6.07, 6.45) is -0.245. The lowest BCUT2D eigenvalue weighted by molar-refractivity contribution is -0.143. The highest BCUT2D eigenvalue weighted by molar-refractivity contribution is 5.84. The Hall–Kier alpha value is -2.02. The van der Waals surface area contributed by atoms with Crippen LogP contribution >= 0.6 is 0 Å². The quantitative estimate of drug-likeness (QED) is 0.801. The fraction of sp³-hybridized carbons (Fsp3) is 0.333. The third-order valence-electron chi connectivity index (χ3n) is 2.32. The van der Waals surface area contributed by atoms with Crippen LogP contribution in [0, 0.1) is 11.6 Å². The average Bonchev–Trinajstić information content (AvgIpc) is 2.33. The average molecular weight is 273 g/mol. The Morgan fingerprint density at radius 2 is 2.05 bits per heavy atom. The first-order valence-corrected chi connectivity index (χ1v) is 5.39. The van der Waals surface area contributed by atoms with Gasteiger partial charge in [-0.1, -0.05) is 6.07 Å². The first-order chi connectivity index (χ1) is 8.93. The molecule has 2 N–H and O–H groups in total. The number of aliphatic carboxylic acids is 1. The second kappa shape index (κ2) is 6.79. The maximum absolute atomic E-state index is 12.9. The molecule has 0 aliphatic carbocycles. The molecule has 0 bridgehead atoms. The summed E-state index contributed by atoms with van der Waals surface area (Å²) in [6, 6.07) is 1.87. The lowest BCUT2D eigenvalue weighted by atomic mass is 10.1. The molecule has 0 spiro atoms. The van der Waals surface area contributed by atoms with Gasteiger partial charge in [-0.3, -0.25) is 4.79 Å². The minimum Gasteiger partial charge on any atom is -0.480 e. The van der Waals surface area contributed by atoms with Crippen molar-refractivity contribution in [2.24, 2.45) is 0 Å². The summed E-state index contributed by atoms with van der Waals surface area (Å²) in [5.41, 5.74) is 0.248. The zero-order chi connectivity index (χ0) is 14.4. The largest absolute Gasteiger partial charge is 0.480 e. The van der Waals surface area contributed by atoms with Gasteiger partial charge in [0.1, 0.15) is 0 Å². The SMILES string of the molecule is COCC(NC(=O)Cc1ccc(F)c(F)c1)C(=O)O. The molecule has 1 unspecified atom stereocenters. The normalized spacial score (nSPS) is 11.9. The molecule has 1 rings (SSSR count). The van der Waals surface area contributed by atoms with Crippen LogP contribution in [0.5, 0.6) is 0 Å². The topological polar surface area (TPSA) is 75.6 Å². The fourth-order valence-corrected chi connectivity index (χ4v) is 1.42. The molecule has 1 aromatic carbocycles. The van der Waals surface area contributed by atoms with Crippen molar-refractivity contribution in [3.63, 3.8) is 0 Å². The summed E-state index contributed by atoms with van der Waals surface area (Å²) < 4.78 is 30.2. The summed E-state index contributed by atoms with van der Waals surface area (Å²) in [5, 5.41) is 11.0. The zero-order valence-corrected chi connectivity index (χ0v) is 10.2. The van der Waals surface area contributed by atoms with E-state index in [4.69, 9.17) is 5.11 Å². The van der Waals surface area contributed by atoms with Gasteiger partial charge in [0.15, 0.2) is 17.7 Å². The predicted molar refractivity (Wildman–Crippen MR) is 61.5 cm³/mol. The number of carbonyl (C=O) groups excluding carboxylic acids is 1. The summed E-state index contributed by atoms with van der Waals surface area (Å²) in [6.45, 7) is -0.182. The van der Waals surface area contributed by atoms with Crippen LogP contribution in [0.15, 0.2) is 18.2 Å². The molecular weight excluding hydrogens is 260 g/mol. The molecule has 0 aliphatic rings. The Labute approximate surface area is 108 Å². The Kier molecular flexibility index (Phi) is 5.37. The maximum atomic E-state index is 12.9. The van der Waals surface area contributed by atoms with Crippen LogP contribution in [0.2, 0.25) is 0 Å². The van der Waals surface area contributed by atoms with Crippen LogP contribution in [0.1, 0.15) is 5.56 Å². The summed E-state index contributed by atoms with van der Waals surface area (Å²) in [7, 11) is 1.30. The van der Waals surface area contributed by atoms with Gasteiger partial charge < -0.3 is 15.2 Å². The second-order valence-corrected chi connectivity index (χ2v) is 3.84. The van der Waals surface area contributed by atoms with Crippen molar-refractivity contribution in [1.29, 1.82) is 0 Å². The Bertz CT molecular complexity index is 479. The molecule has 0 saturated heterocycles. The molecule has 1 amide bonds. The number of carboxylic acids is 1. The molecule has 0 radical (unpaired) electrons. The molecule has 19 heavy (non-hydrogen) atoms. The minimum atomic E-state index is -1.24.